The number of rotatable bonds is 10. The highest BCUT2D eigenvalue weighted by atomic mass is 16.5. The summed E-state index contributed by atoms with van der Waals surface area (Å²) in [4.78, 5) is 44.9. The molecule has 8 heteroatoms. The molecule has 5 rings (SSSR count). The maximum atomic E-state index is 14.6. The Hall–Kier alpha value is -2.71. The number of ether oxygens (including phenoxy) is 1. The highest BCUT2D eigenvalue weighted by Gasteiger charge is 2.79. The summed E-state index contributed by atoms with van der Waals surface area (Å²) in [6.45, 7) is 5.80. The first-order valence-electron chi connectivity index (χ1n) is 14.1. The van der Waals surface area contributed by atoms with E-state index in [0.29, 0.717) is 32.2 Å². The van der Waals surface area contributed by atoms with Gasteiger partial charge in [0.05, 0.1) is 24.2 Å². The molecule has 3 saturated heterocycles. The Morgan fingerprint density at radius 1 is 1.21 bits per heavy atom. The molecule has 2 unspecified atom stereocenters. The minimum atomic E-state index is -1.22. The molecule has 8 nitrogen and oxygen atoms in total. The lowest BCUT2D eigenvalue weighted by molar-refractivity contribution is -0.161. The summed E-state index contributed by atoms with van der Waals surface area (Å²) in [5.41, 5.74) is -1.25. The number of carbonyl (C=O) groups excluding carboxylic acids is 2. The normalized spacial score (nSPS) is 33.3. The molecule has 206 valence electrons. The van der Waals surface area contributed by atoms with Crippen molar-refractivity contribution in [3.8, 4) is 0 Å². The number of hydrogen-bond acceptors (Lipinski definition) is 5. The highest BCUT2D eigenvalue weighted by Crippen LogP contribution is 2.64. The topological polar surface area (TPSA) is 107 Å². The van der Waals surface area contributed by atoms with E-state index in [1.165, 1.54) is 4.90 Å². The molecule has 0 radical (unpaired) electrons. The van der Waals surface area contributed by atoms with E-state index in [9.17, 15) is 24.6 Å². The molecule has 2 bridgehead atoms. The van der Waals surface area contributed by atoms with Crippen molar-refractivity contribution in [2.45, 2.75) is 94.0 Å². The van der Waals surface area contributed by atoms with Crippen molar-refractivity contribution in [1.82, 2.24) is 9.80 Å². The summed E-state index contributed by atoms with van der Waals surface area (Å²) in [5.74, 6) is -3.63. The molecule has 38 heavy (non-hydrogen) atoms. The van der Waals surface area contributed by atoms with Gasteiger partial charge in [-0.05, 0) is 44.1 Å². The van der Waals surface area contributed by atoms with Gasteiger partial charge in [-0.15, -0.1) is 6.58 Å². The maximum absolute atomic E-state index is 14.6. The predicted octanol–water partition coefficient (Wildman–Crippen LogP) is 3.18. The van der Waals surface area contributed by atoms with Crippen LogP contribution in [0.25, 0.3) is 0 Å². The number of likely N-dealkylation sites (tertiary alicyclic amines) is 1. The van der Waals surface area contributed by atoms with Crippen LogP contribution >= 0.6 is 0 Å². The van der Waals surface area contributed by atoms with Gasteiger partial charge in [-0.1, -0.05) is 62.6 Å². The third-order valence-electron chi connectivity index (χ3n) is 9.66. The SMILES string of the molecule is C=CCN(C(=O)C1N([C@@H](CO)Cc2ccccc2)C(=O)[C@@H]2[C@@H](C(=O)O)[C@@]3(CC)CCC12O3)C1CCCCC1. The Kier molecular flexibility index (Phi) is 7.40. The number of carboxylic acids is 1. The molecule has 2 N–H and O–H groups in total. The molecule has 1 aromatic rings. The van der Waals surface area contributed by atoms with E-state index in [1.54, 1.807) is 6.08 Å². The molecule has 4 fully saturated rings. The fourth-order valence-corrected chi connectivity index (χ4v) is 7.95. The molecule has 1 spiro atoms. The highest BCUT2D eigenvalue weighted by molar-refractivity contribution is 5.98. The van der Waals surface area contributed by atoms with Crippen LogP contribution in [0.15, 0.2) is 43.0 Å². The second kappa shape index (κ2) is 10.5. The van der Waals surface area contributed by atoms with Crippen LogP contribution in [-0.4, -0.2) is 80.3 Å². The van der Waals surface area contributed by atoms with Crippen LogP contribution in [0.2, 0.25) is 0 Å². The molecule has 3 aliphatic heterocycles. The van der Waals surface area contributed by atoms with Crippen molar-refractivity contribution in [3.63, 3.8) is 0 Å². The van der Waals surface area contributed by atoms with E-state index in [4.69, 9.17) is 4.74 Å². The fourth-order valence-electron chi connectivity index (χ4n) is 7.95. The Bertz CT molecular complexity index is 1070. The third kappa shape index (κ3) is 4.08. The summed E-state index contributed by atoms with van der Waals surface area (Å²) in [6, 6.07) is 7.94. The molecular formula is C30H40N2O6. The summed E-state index contributed by atoms with van der Waals surface area (Å²) in [6.07, 6.45) is 8.48. The standard InChI is InChI=1S/C30H40N2O6/c1-3-17-31(21-13-9-6-10-14-21)27(35)25-30-16-15-29(4-2,38-30)24(28(36)37)23(30)26(34)32(25)22(19-33)18-20-11-7-5-8-12-20/h3,5,7-8,11-12,21-25,33H,1,4,6,9-10,13-19H2,2H3,(H,36,37)/t22-,23+,24+,25?,29-,30?/m1/s1. The third-order valence-corrected chi connectivity index (χ3v) is 9.66. The lowest BCUT2D eigenvalue weighted by Gasteiger charge is -2.42. The van der Waals surface area contributed by atoms with Gasteiger partial charge in [0, 0.05) is 12.6 Å². The summed E-state index contributed by atoms with van der Waals surface area (Å²) in [7, 11) is 0. The van der Waals surface area contributed by atoms with Crippen LogP contribution in [0.3, 0.4) is 0 Å². The van der Waals surface area contributed by atoms with Crippen LogP contribution in [0.4, 0.5) is 0 Å². The smallest absolute Gasteiger partial charge is 0.310 e. The number of fused-ring (bicyclic) bond motifs is 1. The first-order chi connectivity index (χ1) is 18.3. The van der Waals surface area contributed by atoms with Gasteiger partial charge in [0.2, 0.25) is 11.8 Å². The van der Waals surface area contributed by atoms with Crippen LogP contribution < -0.4 is 0 Å². The zero-order valence-electron chi connectivity index (χ0n) is 22.3. The second-order valence-electron chi connectivity index (χ2n) is 11.5. The van der Waals surface area contributed by atoms with Crippen LogP contribution in [0.1, 0.15) is 63.9 Å². The van der Waals surface area contributed by atoms with Crippen molar-refractivity contribution >= 4 is 17.8 Å². The Labute approximate surface area is 224 Å². The quantitative estimate of drug-likeness (QED) is 0.456. The Morgan fingerprint density at radius 2 is 1.92 bits per heavy atom. The minimum absolute atomic E-state index is 0.0392. The number of amides is 2. The van der Waals surface area contributed by atoms with Gasteiger partial charge < -0.3 is 24.7 Å². The maximum Gasteiger partial charge on any atom is 0.310 e. The monoisotopic (exact) mass is 524 g/mol. The Morgan fingerprint density at radius 3 is 2.53 bits per heavy atom. The number of aliphatic hydroxyl groups excluding tert-OH is 1. The van der Waals surface area contributed by atoms with E-state index < -0.39 is 41.1 Å². The van der Waals surface area contributed by atoms with Crippen LogP contribution in [0, 0.1) is 11.8 Å². The number of benzene rings is 1. The van der Waals surface area contributed by atoms with Crippen molar-refractivity contribution in [2.24, 2.45) is 11.8 Å². The van der Waals surface area contributed by atoms with Gasteiger partial charge in [0.1, 0.15) is 17.6 Å². The molecule has 1 aromatic carbocycles. The Balaban J connectivity index is 1.60. The largest absolute Gasteiger partial charge is 0.481 e. The molecular weight excluding hydrogens is 484 g/mol. The zero-order chi connectivity index (χ0) is 27.1. The van der Waals surface area contributed by atoms with Gasteiger partial charge in [-0.2, -0.15) is 0 Å². The average molecular weight is 525 g/mol. The van der Waals surface area contributed by atoms with Crippen molar-refractivity contribution in [3.05, 3.63) is 48.6 Å². The summed E-state index contributed by atoms with van der Waals surface area (Å²) in [5, 5.41) is 20.9. The van der Waals surface area contributed by atoms with E-state index in [1.807, 2.05) is 42.2 Å². The van der Waals surface area contributed by atoms with E-state index in [2.05, 4.69) is 6.58 Å². The molecule has 2 amide bonds. The predicted molar refractivity (Wildman–Crippen MR) is 141 cm³/mol. The van der Waals surface area contributed by atoms with Gasteiger partial charge in [0.15, 0.2) is 0 Å². The van der Waals surface area contributed by atoms with Crippen molar-refractivity contribution in [1.29, 1.82) is 0 Å². The van der Waals surface area contributed by atoms with E-state index in [-0.39, 0.29) is 24.5 Å². The summed E-state index contributed by atoms with van der Waals surface area (Å²) < 4.78 is 6.69. The van der Waals surface area contributed by atoms with Gasteiger partial charge >= 0.3 is 5.97 Å². The first-order valence-corrected chi connectivity index (χ1v) is 14.1. The van der Waals surface area contributed by atoms with Gasteiger partial charge in [-0.25, -0.2) is 0 Å². The van der Waals surface area contributed by atoms with Crippen molar-refractivity contribution in [2.75, 3.05) is 13.2 Å². The number of carbonyl (C=O) groups is 3. The number of nitrogens with zero attached hydrogens (tertiary/aromatic N) is 2. The molecule has 1 aliphatic carbocycles. The fraction of sp³-hybridized carbons (Fsp3) is 0.633. The lowest BCUT2D eigenvalue weighted by atomic mass is 9.65. The number of aliphatic carboxylic acids is 1. The lowest BCUT2D eigenvalue weighted by Crippen LogP contribution is -2.60. The molecule has 0 aromatic heterocycles. The summed E-state index contributed by atoms with van der Waals surface area (Å²) >= 11 is 0. The number of hydrogen-bond donors (Lipinski definition) is 2. The van der Waals surface area contributed by atoms with E-state index in [0.717, 1.165) is 37.7 Å². The second-order valence-corrected chi connectivity index (χ2v) is 11.5. The molecule has 6 atom stereocenters. The number of carboxylic acid groups (broad SMARTS) is 1. The zero-order valence-corrected chi connectivity index (χ0v) is 22.3. The molecule has 4 aliphatic rings. The first kappa shape index (κ1) is 26.9. The molecule has 3 heterocycles. The van der Waals surface area contributed by atoms with Crippen molar-refractivity contribution < 1.29 is 29.3 Å². The minimum Gasteiger partial charge on any atom is -0.481 e. The molecule has 1 saturated carbocycles. The van der Waals surface area contributed by atoms with Gasteiger partial charge in [-0.3, -0.25) is 14.4 Å². The van der Waals surface area contributed by atoms with Crippen LogP contribution in [0.5, 0.6) is 0 Å². The van der Waals surface area contributed by atoms with E-state index >= 15 is 0 Å². The number of aliphatic hydroxyl groups is 1. The van der Waals surface area contributed by atoms with Gasteiger partial charge in [0.25, 0.3) is 0 Å². The van der Waals surface area contributed by atoms with Crippen LogP contribution in [-0.2, 0) is 25.5 Å². The average Bonchev–Trinajstić information content (AvgIpc) is 3.54.